The molecule has 82 valence electrons. The lowest BCUT2D eigenvalue weighted by Crippen LogP contribution is -2.13. The molecule has 2 aromatic rings. The fourth-order valence-corrected chi connectivity index (χ4v) is 3.84. The van der Waals surface area contributed by atoms with E-state index in [0.29, 0.717) is 0 Å². The summed E-state index contributed by atoms with van der Waals surface area (Å²) in [4.78, 5) is 0. The van der Waals surface area contributed by atoms with Gasteiger partial charge in [0.1, 0.15) is 0 Å². The topological polar surface area (TPSA) is 0 Å². The molecule has 0 N–H and O–H groups in total. The van der Waals surface area contributed by atoms with E-state index in [2.05, 4.69) is 75.5 Å². The van der Waals surface area contributed by atoms with E-state index in [9.17, 15) is 0 Å². The van der Waals surface area contributed by atoms with Crippen LogP contribution in [-0.2, 0) is 12.8 Å². The first-order chi connectivity index (χ1) is 7.74. The molecule has 0 aromatic heterocycles. The Balaban J connectivity index is 2.24. The number of rotatable bonds is 0. The lowest BCUT2D eigenvalue weighted by Gasteiger charge is -2.22. The maximum Gasteiger partial charge on any atom is 0.0153 e. The largest absolute Gasteiger partial charge is 0.0822 e. The smallest absolute Gasteiger partial charge is 0.0153 e. The molecule has 3 rings (SSSR count). The van der Waals surface area contributed by atoms with Gasteiger partial charge in [0.25, 0.3) is 0 Å². The second kappa shape index (κ2) is 4.44. The van der Waals surface area contributed by atoms with Crippen molar-refractivity contribution in [3.63, 3.8) is 0 Å². The third kappa shape index (κ3) is 1.98. The number of hydrogen-bond donors (Lipinski definition) is 0. The molecule has 2 heteroatoms. The van der Waals surface area contributed by atoms with Crippen molar-refractivity contribution in [1.29, 1.82) is 0 Å². The number of aryl methyl sites for hydroxylation is 1. The maximum absolute atomic E-state index is 2.58. The van der Waals surface area contributed by atoms with Gasteiger partial charge in [-0.3, -0.25) is 0 Å². The quantitative estimate of drug-likeness (QED) is 0.416. The molecule has 0 aliphatic heterocycles. The Bertz CT molecular complexity index is 546. The van der Waals surface area contributed by atoms with Crippen LogP contribution in [0.3, 0.4) is 0 Å². The number of halogens is 2. The molecule has 0 saturated heterocycles. The van der Waals surface area contributed by atoms with Gasteiger partial charge < -0.3 is 0 Å². The second-order valence-corrected chi connectivity index (χ2v) is 7.42. The number of alkyl halides is 1. The van der Waals surface area contributed by atoms with Crippen LogP contribution in [0, 0.1) is 3.57 Å². The van der Waals surface area contributed by atoms with Crippen molar-refractivity contribution in [1.82, 2.24) is 0 Å². The van der Waals surface area contributed by atoms with Crippen molar-refractivity contribution in [3.05, 3.63) is 45.0 Å². The van der Waals surface area contributed by atoms with E-state index in [1.54, 1.807) is 11.1 Å². The molecule has 0 amide bonds. The van der Waals surface area contributed by atoms with E-state index in [-0.39, 0.29) is 0 Å². The normalized spacial score (nSPS) is 19.8. The molecule has 0 heterocycles. The molecule has 0 saturated carbocycles. The summed E-state index contributed by atoms with van der Waals surface area (Å²) in [6, 6.07) is 11.4. The van der Waals surface area contributed by atoms with Crippen LogP contribution in [0.15, 0.2) is 30.3 Å². The molecular formula is C14H12I2. The summed E-state index contributed by atoms with van der Waals surface area (Å²) in [5.41, 5.74) is 3.17. The molecule has 1 aliphatic carbocycles. The SMILES string of the molecule is Ic1ccc2c3c(ccc2c1)C[C@@H](I)CC3. The Labute approximate surface area is 123 Å². The summed E-state index contributed by atoms with van der Waals surface area (Å²) in [7, 11) is 0. The van der Waals surface area contributed by atoms with Crippen LogP contribution in [0.2, 0.25) is 0 Å². The molecule has 0 bridgehead atoms. The highest BCUT2D eigenvalue weighted by Crippen LogP contribution is 2.32. The minimum Gasteiger partial charge on any atom is -0.0822 e. The Hall–Kier alpha value is 0.160. The zero-order valence-corrected chi connectivity index (χ0v) is 13.2. The van der Waals surface area contributed by atoms with Gasteiger partial charge in [-0.15, -0.1) is 0 Å². The van der Waals surface area contributed by atoms with Crippen molar-refractivity contribution >= 4 is 56.0 Å². The monoisotopic (exact) mass is 434 g/mol. The second-order valence-electron chi connectivity index (χ2n) is 4.41. The van der Waals surface area contributed by atoms with Crippen molar-refractivity contribution in [2.24, 2.45) is 0 Å². The molecule has 0 spiro atoms. The highest BCUT2D eigenvalue weighted by molar-refractivity contribution is 14.1. The average Bonchev–Trinajstić information content (AvgIpc) is 2.28. The van der Waals surface area contributed by atoms with Gasteiger partial charge in [0, 0.05) is 7.49 Å². The fraction of sp³-hybridized carbons (Fsp3) is 0.286. The molecule has 1 atom stereocenters. The lowest BCUT2D eigenvalue weighted by atomic mass is 9.88. The van der Waals surface area contributed by atoms with Gasteiger partial charge in [0.05, 0.1) is 0 Å². The van der Waals surface area contributed by atoms with E-state index in [0.717, 1.165) is 3.92 Å². The Morgan fingerprint density at radius 2 is 2.00 bits per heavy atom. The van der Waals surface area contributed by atoms with Gasteiger partial charge in [-0.05, 0) is 75.9 Å². The van der Waals surface area contributed by atoms with Crippen LogP contribution in [0.1, 0.15) is 17.5 Å². The Morgan fingerprint density at radius 1 is 1.12 bits per heavy atom. The first kappa shape index (κ1) is 11.3. The van der Waals surface area contributed by atoms with E-state index in [1.807, 2.05) is 0 Å². The number of hydrogen-bond acceptors (Lipinski definition) is 0. The Morgan fingerprint density at radius 3 is 2.88 bits per heavy atom. The number of benzene rings is 2. The molecule has 0 nitrogen and oxygen atoms in total. The summed E-state index contributed by atoms with van der Waals surface area (Å²) in [6.45, 7) is 0. The molecule has 0 radical (unpaired) electrons. The lowest BCUT2D eigenvalue weighted by molar-refractivity contribution is 0.728. The van der Waals surface area contributed by atoms with Crippen LogP contribution in [-0.4, -0.2) is 3.92 Å². The molecule has 16 heavy (non-hydrogen) atoms. The molecule has 2 aromatic carbocycles. The van der Waals surface area contributed by atoms with Crippen LogP contribution in [0.4, 0.5) is 0 Å². The molecule has 0 unspecified atom stereocenters. The van der Waals surface area contributed by atoms with Gasteiger partial charge in [-0.2, -0.15) is 0 Å². The standard InChI is InChI=1S/C14H12I2/c15-11-3-5-13-9(7-11)1-2-10-8-12(16)4-6-14(10)13/h1-3,5,7,12H,4,6,8H2/t12-/m0/s1. The maximum atomic E-state index is 2.58. The summed E-state index contributed by atoms with van der Waals surface area (Å²) in [5, 5.41) is 2.87. The molecule has 0 fully saturated rings. The van der Waals surface area contributed by atoms with Gasteiger partial charge >= 0.3 is 0 Å². The minimum atomic E-state index is 0.825. The first-order valence-electron chi connectivity index (χ1n) is 5.58. The highest BCUT2D eigenvalue weighted by atomic mass is 127. The zero-order valence-electron chi connectivity index (χ0n) is 8.84. The number of fused-ring (bicyclic) bond motifs is 3. The van der Waals surface area contributed by atoms with Crippen LogP contribution in [0.5, 0.6) is 0 Å². The van der Waals surface area contributed by atoms with Crippen molar-refractivity contribution in [3.8, 4) is 0 Å². The zero-order chi connectivity index (χ0) is 11.1. The summed E-state index contributed by atoms with van der Waals surface area (Å²) in [5.74, 6) is 0. The summed E-state index contributed by atoms with van der Waals surface area (Å²) < 4.78 is 2.15. The van der Waals surface area contributed by atoms with E-state index in [4.69, 9.17) is 0 Å². The van der Waals surface area contributed by atoms with Gasteiger partial charge in [-0.1, -0.05) is 40.8 Å². The van der Waals surface area contributed by atoms with Crippen LogP contribution >= 0.6 is 45.2 Å². The minimum absolute atomic E-state index is 0.825. The van der Waals surface area contributed by atoms with E-state index >= 15 is 0 Å². The van der Waals surface area contributed by atoms with E-state index < -0.39 is 0 Å². The first-order valence-corrected chi connectivity index (χ1v) is 7.90. The van der Waals surface area contributed by atoms with Gasteiger partial charge in [0.15, 0.2) is 0 Å². The van der Waals surface area contributed by atoms with Crippen molar-refractivity contribution in [2.45, 2.75) is 23.2 Å². The van der Waals surface area contributed by atoms with Crippen molar-refractivity contribution in [2.75, 3.05) is 0 Å². The van der Waals surface area contributed by atoms with Crippen LogP contribution < -0.4 is 0 Å². The van der Waals surface area contributed by atoms with Crippen LogP contribution in [0.25, 0.3) is 10.8 Å². The average molecular weight is 434 g/mol. The fourth-order valence-electron chi connectivity index (χ4n) is 2.54. The highest BCUT2D eigenvalue weighted by Gasteiger charge is 2.17. The van der Waals surface area contributed by atoms with Gasteiger partial charge in [0.2, 0.25) is 0 Å². The third-order valence-corrected chi connectivity index (χ3v) is 5.07. The summed E-state index contributed by atoms with van der Waals surface area (Å²) >= 11 is 4.97. The summed E-state index contributed by atoms with van der Waals surface area (Å²) in [6.07, 6.45) is 3.83. The predicted molar refractivity (Wildman–Crippen MR) is 86.5 cm³/mol. The van der Waals surface area contributed by atoms with E-state index in [1.165, 1.54) is 33.6 Å². The van der Waals surface area contributed by atoms with Gasteiger partial charge in [-0.25, -0.2) is 0 Å². The third-order valence-electron chi connectivity index (χ3n) is 3.34. The molecule has 1 aliphatic rings. The van der Waals surface area contributed by atoms with Crippen molar-refractivity contribution < 1.29 is 0 Å². The predicted octanol–water partition coefficient (Wildman–Crippen LogP) is 4.74. The Kier molecular flexibility index (Phi) is 3.13. The molecular weight excluding hydrogens is 422 g/mol.